The van der Waals surface area contributed by atoms with Crippen LogP contribution in [0.1, 0.15) is 13.3 Å². The second kappa shape index (κ2) is 9.56. The summed E-state index contributed by atoms with van der Waals surface area (Å²) in [4.78, 5) is 25.8. The van der Waals surface area contributed by atoms with E-state index in [9.17, 15) is 18.0 Å². The fourth-order valence-corrected chi connectivity index (χ4v) is 5.12. The third kappa shape index (κ3) is 4.47. The van der Waals surface area contributed by atoms with Gasteiger partial charge in [0, 0.05) is 19.3 Å². The third-order valence-electron chi connectivity index (χ3n) is 5.57. The van der Waals surface area contributed by atoms with Crippen molar-refractivity contribution in [1.82, 2.24) is 9.13 Å². The Hall–Kier alpha value is -3.85. The van der Waals surface area contributed by atoms with Gasteiger partial charge >= 0.3 is 5.69 Å². The van der Waals surface area contributed by atoms with E-state index in [1.807, 2.05) is 37.3 Å². The van der Waals surface area contributed by atoms with E-state index in [-0.39, 0.29) is 17.1 Å². The molecule has 0 saturated carbocycles. The topological polar surface area (TPSA) is 93.4 Å². The lowest BCUT2D eigenvalue weighted by Gasteiger charge is -2.20. The molecular formula is C25H26N4O4S. The molecule has 176 valence electrons. The summed E-state index contributed by atoms with van der Waals surface area (Å²) in [5, 5.41) is 2.72. The van der Waals surface area contributed by atoms with E-state index in [0.29, 0.717) is 23.4 Å². The summed E-state index contributed by atoms with van der Waals surface area (Å²) in [7, 11) is -2.34. The van der Waals surface area contributed by atoms with Gasteiger partial charge in [0.25, 0.3) is 10.0 Å². The van der Waals surface area contributed by atoms with Crippen LogP contribution in [0.5, 0.6) is 0 Å². The van der Waals surface area contributed by atoms with E-state index >= 15 is 0 Å². The molecule has 34 heavy (non-hydrogen) atoms. The number of hydrogen-bond donors (Lipinski definition) is 1. The van der Waals surface area contributed by atoms with Crippen LogP contribution in [0.3, 0.4) is 0 Å². The molecule has 4 rings (SSSR count). The Morgan fingerprint density at radius 2 is 1.56 bits per heavy atom. The number of hydrogen-bond acceptors (Lipinski definition) is 4. The van der Waals surface area contributed by atoms with Gasteiger partial charge in [0.2, 0.25) is 5.91 Å². The van der Waals surface area contributed by atoms with Crippen molar-refractivity contribution in [3.05, 3.63) is 89.3 Å². The van der Waals surface area contributed by atoms with Gasteiger partial charge in [-0.05, 0) is 48.9 Å². The number of para-hydroxylation sites is 3. The Labute approximate surface area is 198 Å². The summed E-state index contributed by atoms with van der Waals surface area (Å²) in [6.07, 6.45) is 0.790. The molecule has 1 aromatic heterocycles. The maximum atomic E-state index is 13.1. The molecule has 1 heterocycles. The number of aryl methyl sites for hydroxylation is 1. The number of fused-ring (bicyclic) bond motifs is 1. The Morgan fingerprint density at radius 1 is 0.912 bits per heavy atom. The van der Waals surface area contributed by atoms with Crippen LogP contribution in [-0.4, -0.2) is 30.5 Å². The lowest BCUT2D eigenvalue weighted by atomic mass is 10.3. The number of carbonyl (C=O) groups is 1. The summed E-state index contributed by atoms with van der Waals surface area (Å²) < 4.78 is 30.5. The first kappa shape index (κ1) is 23.3. The van der Waals surface area contributed by atoms with Crippen LogP contribution in [0.15, 0.2) is 88.6 Å². The first-order valence-electron chi connectivity index (χ1n) is 10.9. The summed E-state index contributed by atoms with van der Waals surface area (Å²) >= 11 is 0. The van der Waals surface area contributed by atoms with Gasteiger partial charge in [-0.25, -0.2) is 13.2 Å². The molecule has 9 heteroatoms. The maximum Gasteiger partial charge on any atom is 0.329 e. The van der Waals surface area contributed by atoms with E-state index < -0.39 is 15.9 Å². The normalized spacial score (nSPS) is 11.5. The molecular weight excluding hydrogens is 452 g/mol. The van der Waals surface area contributed by atoms with E-state index in [1.54, 1.807) is 41.0 Å². The first-order chi connectivity index (χ1) is 16.3. The standard InChI is InChI=1S/C25H26N4O4S/c1-3-16-28-22-14-7-8-15-23(22)29(25(28)31)18-24(30)26-19-10-9-13-21(17-19)34(32,33)27(2)20-11-5-4-6-12-20/h4-15,17H,3,16,18H2,1-2H3,(H,26,30). The first-order valence-corrected chi connectivity index (χ1v) is 12.4. The molecule has 0 atom stereocenters. The van der Waals surface area contributed by atoms with Crippen molar-refractivity contribution < 1.29 is 13.2 Å². The van der Waals surface area contributed by atoms with Crippen LogP contribution in [0.25, 0.3) is 11.0 Å². The number of imidazole rings is 1. The van der Waals surface area contributed by atoms with E-state index in [2.05, 4.69) is 5.32 Å². The third-order valence-corrected chi connectivity index (χ3v) is 7.35. The van der Waals surface area contributed by atoms with Crippen LogP contribution >= 0.6 is 0 Å². The van der Waals surface area contributed by atoms with Gasteiger partial charge < -0.3 is 5.32 Å². The molecule has 3 aromatic carbocycles. The number of aromatic nitrogens is 2. The highest BCUT2D eigenvalue weighted by molar-refractivity contribution is 7.92. The minimum absolute atomic E-state index is 0.0494. The molecule has 8 nitrogen and oxygen atoms in total. The van der Waals surface area contributed by atoms with Gasteiger partial charge in [-0.2, -0.15) is 0 Å². The smallest absolute Gasteiger partial charge is 0.324 e. The zero-order valence-electron chi connectivity index (χ0n) is 19.0. The molecule has 0 saturated heterocycles. The Balaban J connectivity index is 1.57. The number of nitrogens with one attached hydrogen (secondary N) is 1. The lowest BCUT2D eigenvalue weighted by molar-refractivity contribution is -0.116. The molecule has 0 fully saturated rings. The van der Waals surface area contributed by atoms with Gasteiger partial charge in [0.05, 0.1) is 21.6 Å². The molecule has 0 radical (unpaired) electrons. The van der Waals surface area contributed by atoms with Crippen molar-refractivity contribution in [2.75, 3.05) is 16.7 Å². The molecule has 4 aromatic rings. The maximum absolute atomic E-state index is 13.1. The van der Waals surface area contributed by atoms with Crippen molar-refractivity contribution in [2.24, 2.45) is 0 Å². The predicted molar refractivity (Wildman–Crippen MR) is 134 cm³/mol. The fourth-order valence-electron chi connectivity index (χ4n) is 3.88. The number of sulfonamides is 1. The van der Waals surface area contributed by atoms with Crippen LogP contribution in [-0.2, 0) is 27.9 Å². The monoisotopic (exact) mass is 478 g/mol. The Kier molecular flexibility index (Phi) is 6.56. The summed E-state index contributed by atoms with van der Waals surface area (Å²) in [5.41, 5.74) is 2.06. The zero-order chi connectivity index (χ0) is 24.3. The second-order valence-electron chi connectivity index (χ2n) is 7.89. The van der Waals surface area contributed by atoms with E-state index in [0.717, 1.165) is 11.9 Å². The summed E-state index contributed by atoms with van der Waals surface area (Å²) in [6.45, 7) is 2.36. The molecule has 1 N–H and O–H groups in total. The Bertz CT molecular complexity index is 1490. The van der Waals surface area contributed by atoms with E-state index in [4.69, 9.17) is 0 Å². The van der Waals surface area contributed by atoms with Crippen LogP contribution in [0.4, 0.5) is 11.4 Å². The molecule has 0 spiro atoms. The van der Waals surface area contributed by atoms with Crippen LogP contribution in [0.2, 0.25) is 0 Å². The predicted octanol–water partition coefficient (Wildman–Crippen LogP) is 3.68. The summed E-state index contributed by atoms with van der Waals surface area (Å²) in [5.74, 6) is -0.424. The number of carbonyl (C=O) groups excluding carboxylic acids is 1. The highest BCUT2D eigenvalue weighted by atomic mass is 32.2. The SMILES string of the molecule is CCCn1c(=O)n(CC(=O)Nc2cccc(S(=O)(=O)N(C)c3ccccc3)c2)c2ccccc21. The minimum atomic E-state index is -3.82. The van der Waals surface area contributed by atoms with Crippen LogP contribution in [0, 0.1) is 0 Å². The highest BCUT2D eigenvalue weighted by Crippen LogP contribution is 2.24. The van der Waals surface area contributed by atoms with Gasteiger partial charge in [-0.3, -0.25) is 18.2 Å². The number of amides is 1. The highest BCUT2D eigenvalue weighted by Gasteiger charge is 2.22. The molecule has 0 unspecified atom stereocenters. The number of nitrogens with zero attached hydrogens (tertiary/aromatic N) is 3. The molecule has 0 aliphatic heterocycles. The van der Waals surface area contributed by atoms with Crippen molar-refractivity contribution in [3.8, 4) is 0 Å². The number of anilines is 2. The van der Waals surface area contributed by atoms with Gasteiger partial charge in [-0.1, -0.05) is 43.3 Å². The number of rotatable bonds is 8. The second-order valence-corrected chi connectivity index (χ2v) is 9.86. The summed E-state index contributed by atoms with van der Waals surface area (Å²) in [6, 6.07) is 22.2. The van der Waals surface area contributed by atoms with E-state index in [1.165, 1.54) is 28.1 Å². The number of benzene rings is 3. The average molecular weight is 479 g/mol. The Morgan fingerprint density at radius 3 is 2.24 bits per heavy atom. The molecule has 0 bridgehead atoms. The van der Waals surface area contributed by atoms with Crippen molar-refractivity contribution in [2.45, 2.75) is 31.3 Å². The molecule has 1 amide bonds. The van der Waals surface area contributed by atoms with Gasteiger partial charge in [0.1, 0.15) is 6.54 Å². The van der Waals surface area contributed by atoms with Crippen molar-refractivity contribution in [1.29, 1.82) is 0 Å². The molecule has 0 aliphatic carbocycles. The lowest BCUT2D eigenvalue weighted by Crippen LogP contribution is -2.29. The fraction of sp³-hybridized carbons (Fsp3) is 0.200. The van der Waals surface area contributed by atoms with Gasteiger partial charge in [-0.15, -0.1) is 0 Å². The minimum Gasteiger partial charge on any atom is -0.324 e. The van der Waals surface area contributed by atoms with Crippen molar-refractivity contribution >= 4 is 38.3 Å². The molecule has 0 aliphatic rings. The largest absolute Gasteiger partial charge is 0.329 e. The van der Waals surface area contributed by atoms with Crippen LogP contribution < -0.4 is 15.3 Å². The quantitative estimate of drug-likeness (QED) is 0.418. The van der Waals surface area contributed by atoms with Gasteiger partial charge in [0.15, 0.2) is 0 Å². The van der Waals surface area contributed by atoms with Crippen molar-refractivity contribution in [3.63, 3.8) is 0 Å². The average Bonchev–Trinajstić information content (AvgIpc) is 3.10. The zero-order valence-corrected chi connectivity index (χ0v) is 19.8.